The number of pyridine rings is 1. The van der Waals surface area contributed by atoms with Gasteiger partial charge in [0.2, 0.25) is 0 Å². The number of hydrogen-bond acceptors (Lipinski definition) is 5. The van der Waals surface area contributed by atoms with Crippen LogP contribution < -0.4 is 10.6 Å². The molecule has 0 bridgehead atoms. The molecule has 4 aromatic rings. The fourth-order valence-electron chi connectivity index (χ4n) is 2.95. The second kappa shape index (κ2) is 8.44. The Morgan fingerprint density at radius 3 is 2.60 bits per heavy atom. The molecule has 0 aliphatic heterocycles. The van der Waals surface area contributed by atoms with E-state index in [1.54, 1.807) is 47.7 Å². The lowest BCUT2D eigenvalue weighted by Crippen LogP contribution is -2.36. The fourth-order valence-corrected chi connectivity index (χ4v) is 2.95. The summed E-state index contributed by atoms with van der Waals surface area (Å²) in [6.07, 6.45) is 4.79. The molecule has 150 valence electrons. The van der Waals surface area contributed by atoms with Crippen molar-refractivity contribution in [3.63, 3.8) is 0 Å². The minimum Gasteiger partial charge on any atom is -0.465 e. The van der Waals surface area contributed by atoms with Gasteiger partial charge in [0.25, 0.3) is 11.8 Å². The van der Waals surface area contributed by atoms with Gasteiger partial charge < -0.3 is 15.1 Å². The van der Waals surface area contributed by atoms with Crippen molar-refractivity contribution in [1.29, 1.82) is 0 Å². The second-order valence-electron chi connectivity index (χ2n) is 6.58. The fraction of sp³-hybridized carbons (Fsp3) is 0.0909. The van der Waals surface area contributed by atoms with Gasteiger partial charge in [-0.2, -0.15) is 0 Å². The Kier molecular flexibility index (Phi) is 5.38. The van der Waals surface area contributed by atoms with Crippen LogP contribution in [0.15, 0.2) is 83.2 Å². The van der Waals surface area contributed by atoms with Crippen LogP contribution in [0.4, 0.5) is 0 Å². The third-order valence-corrected chi connectivity index (χ3v) is 4.43. The highest BCUT2D eigenvalue weighted by Gasteiger charge is 2.20. The van der Waals surface area contributed by atoms with E-state index in [0.717, 1.165) is 0 Å². The second-order valence-corrected chi connectivity index (χ2v) is 6.58. The molecule has 1 atom stereocenters. The number of hydrogen-bond donors (Lipinski definition) is 2. The number of nitrogens with one attached hydrogen (secondary N) is 2. The van der Waals surface area contributed by atoms with E-state index in [-0.39, 0.29) is 5.70 Å². The molecule has 3 heterocycles. The minimum atomic E-state index is -0.476. The lowest BCUT2D eigenvalue weighted by Gasteiger charge is -2.15. The molecule has 1 aromatic carbocycles. The number of aromatic nitrogens is 3. The molecule has 0 spiro atoms. The third-order valence-electron chi connectivity index (χ3n) is 4.43. The Morgan fingerprint density at radius 2 is 1.83 bits per heavy atom. The summed E-state index contributed by atoms with van der Waals surface area (Å²) in [5.41, 5.74) is 1.17. The van der Waals surface area contributed by atoms with E-state index >= 15 is 0 Å². The highest BCUT2D eigenvalue weighted by Crippen LogP contribution is 2.14. The van der Waals surface area contributed by atoms with Crippen molar-refractivity contribution in [1.82, 2.24) is 25.2 Å². The molecule has 0 aliphatic carbocycles. The van der Waals surface area contributed by atoms with Crippen LogP contribution in [0.25, 0.3) is 11.7 Å². The number of amides is 2. The number of carbonyl (C=O) groups is 2. The highest BCUT2D eigenvalue weighted by atomic mass is 16.3. The summed E-state index contributed by atoms with van der Waals surface area (Å²) in [5, 5.41) is 13.8. The van der Waals surface area contributed by atoms with Crippen molar-refractivity contribution in [2.24, 2.45) is 0 Å². The average molecular weight is 401 g/mol. The molecule has 0 aliphatic rings. The van der Waals surface area contributed by atoms with E-state index in [0.29, 0.717) is 22.8 Å². The Bertz CT molecular complexity index is 1200. The van der Waals surface area contributed by atoms with Gasteiger partial charge in [-0.1, -0.05) is 24.3 Å². The molecule has 0 saturated carbocycles. The van der Waals surface area contributed by atoms with Crippen LogP contribution in [0.5, 0.6) is 0 Å². The molecule has 0 fully saturated rings. The van der Waals surface area contributed by atoms with Crippen molar-refractivity contribution in [3.8, 4) is 0 Å². The number of carbonyl (C=O) groups excluding carboxylic acids is 2. The van der Waals surface area contributed by atoms with Crippen LogP contribution in [0.1, 0.15) is 34.9 Å². The van der Waals surface area contributed by atoms with Crippen LogP contribution in [-0.4, -0.2) is 26.4 Å². The Morgan fingerprint density at radius 1 is 1.03 bits per heavy atom. The predicted molar refractivity (Wildman–Crippen MR) is 110 cm³/mol. The standard InChI is InChI=1S/C22H19N5O3/c1-15(20-26-25-19-11-5-6-12-27(19)20)23-22(29)18(14-17-10-7-13-30-17)24-21(28)16-8-3-2-4-9-16/h2-15H,1H3,(H,23,29)(H,24,28)/b18-14-. The Hall–Kier alpha value is -4.20. The molecule has 1 unspecified atom stereocenters. The molecule has 3 aromatic heterocycles. The van der Waals surface area contributed by atoms with Gasteiger partial charge in [0, 0.05) is 17.8 Å². The van der Waals surface area contributed by atoms with Crippen LogP contribution in [-0.2, 0) is 4.79 Å². The van der Waals surface area contributed by atoms with Gasteiger partial charge >= 0.3 is 0 Å². The number of furan rings is 1. The van der Waals surface area contributed by atoms with Crippen LogP contribution >= 0.6 is 0 Å². The lowest BCUT2D eigenvalue weighted by atomic mass is 10.2. The Labute approximate surface area is 172 Å². The normalized spacial score (nSPS) is 12.5. The molecule has 0 saturated heterocycles. The monoisotopic (exact) mass is 401 g/mol. The minimum absolute atomic E-state index is 0.0551. The molecule has 30 heavy (non-hydrogen) atoms. The van der Waals surface area contributed by atoms with Crippen molar-refractivity contribution in [2.75, 3.05) is 0 Å². The van der Waals surface area contributed by atoms with Crippen molar-refractivity contribution >= 4 is 23.5 Å². The van der Waals surface area contributed by atoms with E-state index in [2.05, 4.69) is 20.8 Å². The van der Waals surface area contributed by atoms with E-state index in [9.17, 15) is 9.59 Å². The predicted octanol–water partition coefficient (Wildman–Crippen LogP) is 2.97. The first kappa shape index (κ1) is 19.1. The molecule has 4 rings (SSSR count). The van der Waals surface area contributed by atoms with E-state index in [1.807, 2.05) is 30.5 Å². The molecular weight excluding hydrogens is 382 g/mol. The van der Waals surface area contributed by atoms with E-state index in [4.69, 9.17) is 4.42 Å². The summed E-state index contributed by atoms with van der Waals surface area (Å²) in [4.78, 5) is 25.6. The molecule has 2 N–H and O–H groups in total. The van der Waals surface area contributed by atoms with Gasteiger partial charge in [-0.3, -0.25) is 14.0 Å². The maximum Gasteiger partial charge on any atom is 0.268 e. The molecule has 2 amide bonds. The summed E-state index contributed by atoms with van der Waals surface area (Å²) >= 11 is 0. The zero-order valence-electron chi connectivity index (χ0n) is 16.1. The molecule has 0 radical (unpaired) electrons. The number of nitrogens with zero attached hydrogens (tertiary/aromatic N) is 3. The summed E-state index contributed by atoms with van der Waals surface area (Å²) in [6, 6.07) is 17.1. The molecular formula is C22H19N5O3. The van der Waals surface area contributed by atoms with Crippen molar-refractivity contribution in [3.05, 3.63) is 96.0 Å². The third kappa shape index (κ3) is 4.12. The van der Waals surface area contributed by atoms with Crippen LogP contribution in [0, 0.1) is 0 Å². The van der Waals surface area contributed by atoms with Crippen LogP contribution in [0.2, 0.25) is 0 Å². The first-order valence-corrected chi connectivity index (χ1v) is 9.34. The van der Waals surface area contributed by atoms with Gasteiger partial charge in [0.1, 0.15) is 11.5 Å². The maximum absolute atomic E-state index is 13.0. The summed E-state index contributed by atoms with van der Waals surface area (Å²) in [7, 11) is 0. The summed E-state index contributed by atoms with van der Waals surface area (Å²) < 4.78 is 7.10. The maximum atomic E-state index is 13.0. The first-order valence-electron chi connectivity index (χ1n) is 9.34. The Balaban J connectivity index is 1.57. The lowest BCUT2D eigenvalue weighted by molar-refractivity contribution is -0.118. The number of benzene rings is 1. The van der Waals surface area contributed by atoms with Crippen molar-refractivity contribution < 1.29 is 14.0 Å². The quantitative estimate of drug-likeness (QED) is 0.484. The van der Waals surface area contributed by atoms with E-state index in [1.165, 1.54) is 12.3 Å². The number of rotatable bonds is 6. The van der Waals surface area contributed by atoms with E-state index < -0.39 is 17.9 Å². The largest absolute Gasteiger partial charge is 0.465 e. The highest BCUT2D eigenvalue weighted by molar-refractivity contribution is 6.05. The zero-order chi connectivity index (χ0) is 20.9. The smallest absolute Gasteiger partial charge is 0.268 e. The van der Waals surface area contributed by atoms with Gasteiger partial charge in [-0.15, -0.1) is 10.2 Å². The van der Waals surface area contributed by atoms with Gasteiger partial charge in [0.15, 0.2) is 11.5 Å². The van der Waals surface area contributed by atoms with Gasteiger partial charge in [-0.25, -0.2) is 0 Å². The first-order chi connectivity index (χ1) is 14.6. The SMILES string of the molecule is CC(NC(=O)/C(=C/c1ccco1)NC(=O)c1ccccc1)c1nnc2ccccn12. The van der Waals surface area contributed by atoms with Gasteiger partial charge in [0.05, 0.1) is 12.3 Å². The molecule has 8 nitrogen and oxygen atoms in total. The molecule has 8 heteroatoms. The summed E-state index contributed by atoms with van der Waals surface area (Å²) in [5.74, 6) is 0.139. The van der Waals surface area contributed by atoms with Crippen molar-refractivity contribution in [2.45, 2.75) is 13.0 Å². The average Bonchev–Trinajstić information content (AvgIpc) is 3.43. The zero-order valence-corrected chi connectivity index (χ0v) is 16.1. The summed E-state index contributed by atoms with van der Waals surface area (Å²) in [6.45, 7) is 1.80. The van der Waals surface area contributed by atoms with Crippen LogP contribution in [0.3, 0.4) is 0 Å². The number of fused-ring (bicyclic) bond motifs is 1. The topological polar surface area (TPSA) is 102 Å². The van der Waals surface area contributed by atoms with Gasteiger partial charge in [-0.05, 0) is 43.3 Å².